The van der Waals surface area contributed by atoms with Gasteiger partial charge in [-0.2, -0.15) is 0 Å². The maximum absolute atomic E-state index is 12.7. The number of benzene rings is 1. The minimum absolute atomic E-state index is 0.326. The van der Waals surface area contributed by atoms with Gasteiger partial charge >= 0.3 is 5.97 Å². The molecule has 4 nitrogen and oxygen atoms in total. The lowest BCUT2D eigenvalue weighted by Gasteiger charge is -2.05. The number of halogens is 1. The molecule has 0 fully saturated rings. The minimum atomic E-state index is -0.463. The average molecular weight is 380 g/mol. The molecule has 0 saturated carbocycles. The number of carbonyl (C=O) groups excluding carboxylic acids is 2. The van der Waals surface area contributed by atoms with Crippen LogP contribution in [0.1, 0.15) is 30.5 Å². The van der Waals surface area contributed by atoms with E-state index >= 15 is 0 Å². The first-order valence-electron chi connectivity index (χ1n) is 7.10. The molecule has 24 heavy (non-hydrogen) atoms. The van der Waals surface area contributed by atoms with Gasteiger partial charge in [0, 0.05) is 15.0 Å². The normalized spacial score (nSPS) is 10.8. The fourth-order valence-corrected chi connectivity index (χ4v) is 4.84. The summed E-state index contributed by atoms with van der Waals surface area (Å²) in [5, 5.41) is 4.57. The van der Waals surface area contributed by atoms with E-state index in [1.165, 1.54) is 29.8 Å². The number of ether oxygens (including phenoxy) is 1. The number of amides is 1. The Bertz CT molecular complexity index is 958. The fraction of sp³-hybridized carbons (Fsp3) is 0.176. The van der Waals surface area contributed by atoms with Crippen LogP contribution < -0.4 is 5.32 Å². The lowest BCUT2D eigenvalue weighted by Crippen LogP contribution is -2.13. The molecule has 0 aliphatic heterocycles. The zero-order valence-corrected chi connectivity index (χ0v) is 15.6. The smallest absolute Gasteiger partial charge is 0.341 e. The van der Waals surface area contributed by atoms with Crippen LogP contribution in [0.15, 0.2) is 24.3 Å². The van der Waals surface area contributed by atoms with E-state index in [1.54, 1.807) is 0 Å². The van der Waals surface area contributed by atoms with Crippen molar-refractivity contribution in [2.45, 2.75) is 13.8 Å². The average Bonchev–Trinajstić information content (AvgIpc) is 3.05. The van der Waals surface area contributed by atoms with Crippen molar-refractivity contribution in [1.29, 1.82) is 0 Å². The van der Waals surface area contributed by atoms with Crippen LogP contribution in [-0.2, 0) is 4.74 Å². The summed E-state index contributed by atoms with van der Waals surface area (Å²) in [7, 11) is 1.32. The van der Waals surface area contributed by atoms with Crippen molar-refractivity contribution >= 4 is 61.2 Å². The van der Waals surface area contributed by atoms with Crippen LogP contribution in [0.3, 0.4) is 0 Å². The molecule has 1 N–H and O–H groups in total. The van der Waals surface area contributed by atoms with Gasteiger partial charge in [0.2, 0.25) is 0 Å². The first-order chi connectivity index (χ1) is 11.4. The Hall–Kier alpha value is -1.89. The molecule has 0 radical (unpaired) electrons. The van der Waals surface area contributed by atoms with Gasteiger partial charge in [-0.3, -0.25) is 4.79 Å². The van der Waals surface area contributed by atoms with E-state index in [0.29, 0.717) is 20.5 Å². The largest absolute Gasteiger partial charge is 0.465 e. The molecular weight excluding hydrogens is 366 g/mol. The van der Waals surface area contributed by atoms with E-state index in [-0.39, 0.29) is 5.91 Å². The van der Waals surface area contributed by atoms with E-state index < -0.39 is 5.97 Å². The highest BCUT2D eigenvalue weighted by Crippen LogP contribution is 2.37. The Morgan fingerprint density at radius 2 is 1.88 bits per heavy atom. The van der Waals surface area contributed by atoms with Crippen molar-refractivity contribution in [3.63, 3.8) is 0 Å². The summed E-state index contributed by atoms with van der Waals surface area (Å²) in [6.07, 6.45) is 0. The minimum Gasteiger partial charge on any atom is -0.465 e. The molecule has 2 aromatic heterocycles. The topological polar surface area (TPSA) is 55.4 Å². The van der Waals surface area contributed by atoms with Crippen molar-refractivity contribution in [2.24, 2.45) is 0 Å². The highest BCUT2D eigenvalue weighted by molar-refractivity contribution is 7.22. The number of esters is 1. The molecule has 0 aliphatic carbocycles. The molecule has 0 unspecified atom stereocenters. The number of nitrogens with one attached hydrogen (secondary N) is 1. The molecule has 124 valence electrons. The second kappa shape index (κ2) is 6.55. The van der Waals surface area contributed by atoms with Crippen molar-refractivity contribution in [1.82, 2.24) is 0 Å². The number of rotatable bonds is 3. The number of hydrogen-bond donors (Lipinski definition) is 1. The molecule has 7 heteroatoms. The van der Waals surface area contributed by atoms with E-state index in [9.17, 15) is 9.59 Å². The van der Waals surface area contributed by atoms with Crippen molar-refractivity contribution in [2.75, 3.05) is 12.4 Å². The van der Waals surface area contributed by atoms with Crippen LogP contribution in [0.5, 0.6) is 0 Å². The third-order valence-corrected chi connectivity index (χ3v) is 6.54. The zero-order valence-electron chi connectivity index (χ0n) is 13.2. The van der Waals surface area contributed by atoms with Gasteiger partial charge < -0.3 is 10.1 Å². The number of aryl methyl sites for hydroxylation is 1. The van der Waals surface area contributed by atoms with Gasteiger partial charge in [-0.25, -0.2) is 4.79 Å². The van der Waals surface area contributed by atoms with Crippen LogP contribution in [0.25, 0.3) is 10.1 Å². The highest BCUT2D eigenvalue weighted by atomic mass is 35.5. The molecular formula is C17H14ClNO3S2. The van der Waals surface area contributed by atoms with Crippen molar-refractivity contribution in [3.05, 3.63) is 50.2 Å². The Balaban J connectivity index is 1.99. The summed E-state index contributed by atoms with van der Waals surface area (Å²) in [6, 6.07) is 7.58. The number of thiophene rings is 2. The van der Waals surface area contributed by atoms with Gasteiger partial charge in [0.15, 0.2) is 0 Å². The van der Waals surface area contributed by atoms with Crippen LogP contribution in [-0.4, -0.2) is 19.0 Å². The standard InChI is InChI=1S/C17H14ClNO3S2/c1-8-9(2)23-16(12(8)17(21)22-3)19-15(20)14-13(18)10-6-4-5-7-11(10)24-14/h4-7H,1-3H3,(H,19,20). The van der Waals surface area contributed by atoms with Crippen LogP contribution in [0.4, 0.5) is 5.00 Å². The van der Waals surface area contributed by atoms with Gasteiger partial charge in [0.05, 0.1) is 17.7 Å². The molecule has 0 spiro atoms. The molecule has 3 rings (SSSR count). The number of fused-ring (bicyclic) bond motifs is 1. The summed E-state index contributed by atoms with van der Waals surface area (Å²) >= 11 is 9.02. The summed E-state index contributed by atoms with van der Waals surface area (Å²) in [5.41, 5.74) is 1.20. The first-order valence-corrected chi connectivity index (χ1v) is 9.11. The summed E-state index contributed by atoms with van der Waals surface area (Å²) in [4.78, 5) is 26.0. The van der Waals surface area contributed by atoms with E-state index in [0.717, 1.165) is 20.5 Å². The number of hydrogen-bond acceptors (Lipinski definition) is 5. The van der Waals surface area contributed by atoms with Crippen LogP contribution in [0.2, 0.25) is 5.02 Å². The van der Waals surface area contributed by atoms with Gasteiger partial charge in [0.1, 0.15) is 9.88 Å². The molecule has 0 bridgehead atoms. The predicted octanol–water partition coefficient (Wildman–Crippen LogP) is 5.27. The third kappa shape index (κ3) is 2.81. The lowest BCUT2D eigenvalue weighted by molar-refractivity contribution is 0.0601. The first kappa shape index (κ1) is 17.0. The Labute approximate surface area is 152 Å². The molecule has 0 saturated heterocycles. The summed E-state index contributed by atoms with van der Waals surface area (Å²) < 4.78 is 5.77. The van der Waals surface area contributed by atoms with Gasteiger partial charge in [-0.15, -0.1) is 22.7 Å². The SMILES string of the molecule is COC(=O)c1c(NC(=O)c2sc3ccccc3c2Cl)sc(C)c1C. The summed E-state index contributed by atoms with van der Waals surface area (Å²) in [6.45, 7) is 3.73. The monoisotopic (exact) mass is 379 g/mol. The molecule has 1 aromatic carbocycles. The second-order valence-corrected chi connectivity index (χ2v) is 7.83. The zero-order chi connectivity index (χ0) is 17.4. The molecule has 0 atom stereocenters. The number of carbonyl (C=O) groups is 2. The Morgan fingerprint density at radius 3 is 2.54 bits per heavy atom. The Morgan fingerprint density at radius 1 is 1.17 bits per heavy atom. The van der Waals surface area contributed by atoms with E-state index in [4.69, 9.17) is 16.3 Å². The fourth-order valence-electron chi connectivity index (χ4n) is 2.38. The second-order valence-electron chi connectivity index (χ2n) is 5.17. The predicted molar refractivity (Wildman–Crippen MR) is 99.9 cm³/mol. The Kier molecular flexibility index (Phi) is 4.62. The maximum atomic E-state index is 12.7. The van der Waals surface area contributed by atoms with Gasteiger partial charge in [-0.05, 0) is 25.5 Å². The summed E-state index contributed by atoms with van der Waals surface area (Å²) in [5.74, 6) is -0.790. The number of methoxy groups -OCH3 is 1. The lowest BCUT2D eigenvalue weighted by atomic mass is 10.1. The molecule has 3 aromatic rings. The quantitative estimate of drug-likeness (QED) is 0.630. The molecule has 1 amide bonds. The molecule has 2 heterocycles. The third-order valence-electron chi connectivity index (χ3n) is 3.74. The number of anilines is 1. The van der Waals surface area contributed by atoms with Gasteiger partial charge in [0.25, 0.3) is 5.91 Å². The highest BCUT2D eigenvalue weighted by Gasteiger charge is 2.24. The van der Waals surface area contributed by atoms with Crippen LogP contribution >= 0.6 is 34.3 Å². The van der Waals surface area contributed by atoms with Gasteiger partial charge in [-0.1, -0.05) is 29.8 Å². The van der Waals surface area contributed by atoms with Crippen molar-refractivity contribution < 1.29 is 14.3 Å². The maximum Gasteiger partial charge on any atom is 0.341 e. The van der Waals surface area contributed by atoms with Crippen LogP contribution in [0, 0.1) is 13.8 Å². The van der Waals surface area contributed by atoms with Crippen molar-refractivity contribution in [3.8, 4) is 0 Å². The van der Waals surface area contributed by atoms with E-state index in [1.807, 2.05) is 38.1 Å². The molecule has 0 aliphatic rings. The van der Waals surface area contributed by atoms with E-state index in [2.05, 4.69) is 5.32 Å².